The SMILES string of the molecule is COc1ccc(C2CC(=O)C3=C(C2)NC(C)=C(C(=O)Nc2ccccc2C)C3c2cccc(O)c2)cc1OC. The van der Waals surface area contributed by atoms with Crippen molar-refractivity contribution in [1.82, 2.24) is 5.32 Å². The molecule has 7 heteroatoms. The molecular formula is C32H32N2O5. The van der Waals surface area contributed by atoms with E-state index in [9.17, 15) is 14.7 Å². The van der Waals surface area contributed by atoms with E-state index in [1.54, 1.807) is 32.4 Å². The largest absolute Gasteiger partial charge is 0.508 e. The van der Waals surface area contributed by atoms with Crippen LogP contribution in [0.5, 0.6) is 17.2 Å². The van der Waals surface area contributed by atoms with Gasteiger partial charge in [0.15, 0.2) is 17.3 Å². The van der Waals surface area contributed by atoms with Gasteiger partial charge >= 0.3 is 0 Å². The number of rotatable bonds is 6. The quantitative estimate of drug-likeness (QED) is 0.382. The molecule has 3 N–H and O–H groups in total. The van der Waals surface area contributed by atoms with E-state index in [0.717, 1.165) is 16.8 Å². The molecule has 0 saturated carbocycles. The van der Waals surface area contributed by atoms with Gasteiger partial charge in [-0.15, -0.1) is 0 Å². The van der Waals surface area contributed by atoms with Crippen LogP contribution in [0.25, 0.3) is 0 Å². The first kappa shape index (κ1) is 26.1. The predicted molar refractivity (Wildman–Crippen MR) is 150 cm³/mol. The van der Waals surface area contributed by atoms with Crippen molar-refractivity contribution in [3.63, 3.8) is 0 Å². The summed E-state index contributed by atoms with van der Waals surface area (Å²) in [6, 6.07) is 20.1. The van der Waals surface area contributed by atoms with Crippen LogP contribution in [0.3, 0.4) is 0 Å². The minimum atomic E-state index is -0.615. The van der Waals surface area contributed by atoms with E-state index in [1.807, 2.05) is 62.4 Å². The number of carbonyl (C=O) groups excluding carboxylic acids is 2. The Kier molecular flexibility index (Phi) is 7.15. The third-order valence-electron chi connectivity index (χ3n) is 7.55. The van der Waals surface area contributed by atoms with Crippen LogP contribution < -0.4 is 20.1 Å². The minimum Gasteiger partial charge on any atom is -0.508 e. The van der Waals surface area contributed by atoms with Gasteiger partial charge < -0.3 is 25.2 Å². The number of carbonyl (C=O) groups is 2. The molecule has 3 aromatic rings. The number of phenolic OH excluding ortho intramolecular Hbond substituents is 1. The molecule has 0 spiro atoms. The Morgan fingerprint density at radius 1 is 0.923 bits per heavy atom. The molecule has 0 saturated heterocycles. The number of aryl methyl sites for hydroxylation is 1. The number of ketones is 1. The van der Waals surface area contributed by atoms with Crippen molar-refractivity contribution in [3.8, 4) is 17.2 Å². The average molecular weight is 525 g/mol. The fourth-order valence-corrected chi connectivity index (χ4v) is 5.62. The maximum Gasteiger partial charge on any atom is 0.254 e. The van der Waals surface area contributed by atoms with Crippen LogP contribution in [0, 0.1) is 6.92 Å². The summed E-state index contributed by atoms with van der Waals surface area (Å²) in [6.07, 6.45) is 0.882. The van der Waals surface area contributed by atoms with Crippen molar-refractivity contribution in [1.29, 1.82) is 0 Å². The number of nitrogens with one attached hydrogen (secondary N) is 2. The Bertz CT molecular complexity index is 1520. The second-order valence-corrected chi connectivity index (χ2v) is 10.00. The highest BCUT2D eigenvalue weighted by molar-refractivity contribution is 6.10. The van der Waals surface area contributed by atoms with Crippen molar-refractivity contribution in [2.24, 2.45) is 0 Å². The van der Waals surface area contributed by atoms with Crippen LogP contribution in [0.2, 0.25) is 0 Å². The van der Waals surface area contributed by atoms with Crippen molar-refractivity contribution >= 4 is 17.4 Å². The number of ether oxygens (including phenoxy) is 2. The first-order chi connectivity index (χ1) is 18.8. The maximum atomic E-state index is 13.9. The third-order valence-corrected chi connectivity index (χ3v) is 7.55. The molecule has 39 heavy (non-hydrogen) atoms. The Morgan fingerprint density at radius 3 is 2.41 bits per heavy atom. The Hall–Kier alpha value is -4.52. The van der Waals surface area contributed by atoms with Crippen LogP contribution >= 0.6 is 0 Å². The summed E-state index contributed by atoms with van der Waals surface area (Å²) in [4.78, 5) is 27.6. The summed E-state index contributed by atoms with van der Waals surface area (Å²) in [5.41, 5.74) is 5.81. The number of aromatic hydroxyl groups is 1. The number of amides is 1. The van der Waals surface area contributed by atoms with E-state index >= 15 is 0 Å². The van der Waals surface area contributed by atoms with Gasteiger partial charge in [-0.05, 0) is 73.2 Å². The number of benzene rings is 3. The van der Waals surface area contributed by atoms with Crippen molar-refractivity contribution in [3.05, 3.63) is 106 Å². The molecule has 7 nitrogen and oxygen atoms in total. The molecule has 1 amide bonds. The summed E-state index contributed by atoms with van der Waals surface area (Å²) >= 11 is 0. The van der Waals surface area contributed by atoms with E-state index in [1.165, 1.54) is 0 Å². The molecule has 5 rings (SSSR count). The summed E-state index contributed by atoms with van der Waals surface area (Å²) in [5.74, 6) is 0.319. The van der Waals surface area contributed by atoms with Gasteiger partial charge in [-0.25, -0.2) is 0 Å². The van der Waals surface area contributed by atoms with Crippen LogP contribution in [0.4, 0.5) is 5.69 Å². The van der Waals surface area contributed by atoms with Gasteiger partial charge in [0.2, 0.25) is 0 Å². The van der Waals surface area contributed by atoms with Gasteiger partial charge in [0.25, 0.3) is 5.91 Å². The van der Waals surface area contributed by atoms with Gasteiger partial charge in [-0.2, -0.15) is 0 Å². The first-order valence-corrected chi connectivity index (χ1v) is 12.9. The summed E-state index contributed by atoms with van der Waals surface area (Å²) in [6.45, 7) is 3.79. The molecule has 0 aromatic heterocycles. The zero-order chi connectivity index (χ0) is 27.7. The second-order valence-electron chi connectivity index (χ2n) is 10.00. The van der Waals surface area contributed by atoms with Gasteiger partial charge in [0.1, 0.15) is 5.75 Å². The highest BCUT2D eigenvalue weighted by Crippen LogP contribution is 2.47. The number of dihydropyridines is 1. The van der Waals surface area contributed by atoms with E-state index in [0.29, 0.717) is 46.0 Å². The number of Topliss-reactive ketones (excluding diaryl/α,β-unsaturated/α-hetero) is 1. The Balaban J connectivity index is 1.55. The van der Waals surface area contributed by atoms with E-state index in [2.05, 4.69) is 10.6 Å². The number of phenols is 1. The molecule has 1 heterocycles. The van der Waals surface area contributed by atoms with E-state index in [-0.39, 0.29) is 29.8 Å². The van der Waals surface area contributed by atoms with Gasteiger partial charge in [-0.3, -0.25) is 9.59 Å². The average Bonchev–Trinajstić information content (AvgIpc) is 2.92. The van der Waals surface area contributed by atoms with Gasteiger partial charge in [0.05, 0.1) is 14.2 Å². The molecule has 0 bridgehead atoms. The number of methoxy groups -OCH3 is 2. The number of allylic oxidation sites excluding steroid dienone is 3. The molecule has 3 aromatic carbocycles. The lowest BCUT2D eigenvalue weighted by molar-refractivity contribution is -0.116. The molecular weight excluding hydrogens is 492 g/mol. The minimum absolute atomic E-state index is 0.0365. The van der Waals surface area contributed by atoms with Crippen molar-refractivity contribution < 1.29 is 24.2 Å². The van der Waals surface area contributed by atoms with Crippen molar-refractivity contribution in [2.75, 3.05) is 19.5 Å². The summed E-state index contributed by atoms with van der Waals surface area (Å²) < 4.78 is 10.9. The van der Waals surface area contributed by atoms with Gasteiger partial charge in [0, 0.05) is 40.6 Å². The fraction of sp³-hybridized carbons (Fsp3) is 0.250. The van der Waals surface area contributed by atoms with Crippen LogP contribution in [-0.4, -0.2) is 31.0 Å². The maximum absolute atomic E-state index is 13.9. The Labute approximate surface area is 228 Å². The lowest BCUT2D eigenvalue weighted by Gasteiger charge is -2.37. The number of hydrogen-bond donors (Lipinski definition) is 3. The number of anilines is 1. The summed E-state index contributed by atoms with van der Waals surface area (Å²) in [7, 11) is 3.18. The second kappa shape index (κ2) is 10.7. The first-order valence-electron chi connectivity index (χ1n) is 12.9. The van der Waals surface area contributed by atoms with E-state index in [4.69, 9.17) is 9.47 Å². The van der Waals surface area contributed by atoms with Gasteiger partial charge in [-0.1, -0.05) is 36.4 Å². The topological polar surface area (TPSA) is 96.9 Å². The van der Waals surface area contributed by atoms with Crippen LogP contribution in [0.1, 0.15) is 48.3 Å². The molecule has 0 radical (unpaired) electrons. The normalized spacial score (nSPS) is 18.8. The smallest absolute Gasteiger partial charge is 0.254 e. The predicted octanol–water partition coefficient (Wildman–Crippen LogP) is 5.72. The molecule has 0 fully saturated rings. The Morgan fingerprint density at radius 2 is 1.69 bits per heavy atom. The monoisotopic (exact) mass is 524 g/mol. The molecule has 2 unspecified atom stereocenters. The molecule has 200 valence electrons. The van der Waals surface area contributed by atoms with E-state index < -0.39 is 5.92 Å². The van der Waals surface area contributed by atoms with Crippen LogP contribution in [-0.2, 0) is 9.59 Å². The standard InChI is InChI=1S/C32H32N2O5/c1-18-8-5-6-11-24(18)34-32(37)29-19(2)33-25-15-22(20-12-13-27(38-3)28(17-20)39-4)16-26(36)31(25)30(29)21-9-7-10-23(35)14-21/h5-14,17,22,30,33,35H,15-16H2,1-4H3,(H,34,37). The highest BCUT2D eigenvalue weighted by atomic mass is 16.5. The molecule has 2 atom stereocenters. The zero-order valence-electron chi connectivity index (χ0n) is 22.5. The molecule has 1 aliphatic carbocycles. The molecule has 2 aliphatic rings. The zero-order valence-corrected chi connectivity index (χ0v) is 22.5. The fourth-order valence-electron chi connectivity index (χ4n) is 5.62. The third kappa shape index (κ3) is 5.00. The van der Waals surface area contributed by atoms with Crippen LogP contribution in [0.15, 0.2) is 89.3 Å². The lowest BCUT2D eigenvalue weighted by atomic mass is 9.71. The number of para-hydroxylation sites is 1. The number of hydrogen-bond acceptors (Lipinski definition) is 6. The molecule has 1 aliphatic heterocycles. The van der Waals surface area contributed by atoms with Crippen molar-refractivity contribution in [2.45, 2.75) is 38.5 Å². The lowest BCUT2D eigenvalue weighted by Crippen LogP contribution is -2.37. The summed E-state index contributed by atoms with van der Waals surface area (Å²) in [5, 5.41) is 16.7. The highest BCUT2D eigenvalue weighted by Gasteiger charge is 2.41.